The third-order valence-electron chi connectivity index (χ3n) is 3.35. The molecule has 2 amide bonds. The molecular weight excluding hydrogens is 378 g/mol. The molecule has 6 heteroatoms. The topological polar surface area (TPSA) is 57.6 Å². The summed E-state index contributed by atoms with van der Waals surface area (Å²) in [6.07, 6.45) is 1.66. The number of aromatic hydroxyl groups is 1. The number of thioether (sulfide) groups is 1. The smallest absolute Gasteiger partial charge is 0.293 e. The average molecular weight is 390 g/mol. The SMILES string of the molecule is O=C1SC(=Cc2ccc(O)cc2)C(=O)N1Cc1ccccc1Br. The number of carbonyl (C=O) groups is 2. The van der Waals surface area contributed by atoms with Gasteiger partial charge in [0.25, 0.3) is 11.1 Å². The van der Waals surface area contributed by atoms with Crippen molar-refractivity contribution in [1.82, 2.24) is 4.90 Å². The Bertz CT molecular complexity index is 802. The number of phenols is 1. The van der Waals surface area contributed by atoms with Gasteiger partial charge in [-0.05, 0) is 47.2 Å². The van der Waals surface area contributed by atoms with E-state index in [0.29, 0.717) is 4.91 Å². The number of nitrogens with zero attached hydrogens (tertiary/aromatic N) is 1. The zero-order valence-corrected chi connectivity index (χ0v) is 14.3. The summed E-state index contributed by atoms with van der Waals surface area (Å²) < 4.78 is 0.863. The van der Waals surface area contributed by atoms with Gasteiger partial charge in [-0.1, -0.05) is 46.3 Å². The quantitative estimate of drug-likeness (QED) is 0.790. The summed E-state index contributed by atoms with van der Waals surface area (Å²) in [5, 5.41) is 9.00. The molecule has 0 unspecified atom stereocenters. The Kier molecular flexibility index (Phi) is 4.54. The number of rotatable bonds is 3. The van der Waals surface area contributed by atoms with E-state index in [4.69, 9.17) is 0 Å². The minimum atomic E-state index is -0.302. The van der Waals surface area contributed by atoms with E-state index in [1.54, 1.807) is 18.2 Å². The van der Waals surface area contributed by atoms with Crippen LogP contribution in [0, 0.1) is 0 Å². The number of hydrogen-bond donors (Lipinski definition) is 1. The normalized spacial score (nSPS) is 16.4. The number of halogens is 1. The molecule has 0 saturated carbocycles. The molecule has 4 nitrogen and oxygen atoms in total. The van der Waals surface area contributed by atoms with Gasteiger partial charge in [0.05, 0.1) is 11.4 Å². The summed E-state index contributed by atoms with van der Waals surface area (Å²) in [4.78, 5) is 26.2. The molecule has 1 aliphatic rings. The van der Waals surface area contributed by atoms with Crippen molar-refractivity contribution in [3.63, 3.8) is 0 Å². The lowest BCUT2D eigenvalue weighted by molar-refractivity contribution is -0.123. The third kappa shape index (κ3) is 3.48. The zero-order chi connectivity index (χ0) is 16.4. The monoisotopic (exact) mass is 389 g/mol. The molecule has 116 valence electrons. The van der Waals surface area contributed by atoms with Crippen LogP contribution < -0.4 is 0 Å². The molecule has 0 aliphatic carbocycles. The van der Waals surface area contributed by atoms with Gasteiger partial charge < -0.3 is 5.11 Å². The van der Waals surface area contributed by atoms with Gasteiger partial charge in [0.2, 0.25) is 0 Å². The molecule has 0 atom stereocenters. The maximum absolute atomic E-state index is 12.5. The van der Waals surface area contributed by atoms with Gasteiger partial charge >= 0.3 is 0 Å². The maximum Gasteiger partial charge on any atom is 0.293 e. The van der Waals surface area contributed by atoms with Gasteiger partial charge in [-0.2, -0.15) is 0 Å². The van der Waals surface area contributed by atoms with Crippen molar-refractivity contribution in [3.05, 3.63) is 69.0 Å². The summed E-state index contributed by atoms with van der Waals surface area (Å²) in [7, 11) is 0. The molecular formula is C17H12BrNO3S. The van der Waals surface area contributed by atoms with Crippen molar-refractivity contribution in [2.45, 2.75) is 6.54 Å². The van der Waals surface area contributed by atoms with Crippen LogP contribution >= 0.6 is 27.7 Å². The number of carbonyl (C=O) groups excluding carboxylic acids is 2. The predicted molar refractivity (Wildman–Crippen MR) is 93.8 cm³/mol. The summed E-state index contributed by atoms with van der Waals surface area (Å²) in [6.45, 7) is 0.235. The van der Waals surface area contributed by atoms with Crippen LogP contribution in [0.5, 0.6) is 5.75 Å². The second-order valence-electron chi connectivity index (χ2n) is 4.95. The van der Waals surface area contributed by atoms with Gasteiger partial charge in [-0.25, -0.2) is 0 Å². The lowest BCUT2D eigenvalue weighted by Gasteiger charge is -2.13. The Hall–Kier alpha value is -2.05. The van der Waals surface area contributed by atoms with E-state index in [1.165, 1.54) is 17.0 Å². The van der Waals surface area contributed by atoms with Crippen LogP contribution in [0.2, 0.25) is 0 Å². The highest BCUT2D eigenvalue weighted by atomic mass is 79.9. The van der Waals surface area contributed by atoms with Crippen molar-refractivity contribution >= 4 is 44.9 Å². The van der Waals surface area contributed by atoms with Crippen molar-refractivity contribution in [2.24, 2.45) is 0 Å². The average Bonchev–Trinajstić information content (AvgIpc) is 2.79. The standard InChI is InChI=1S/C17H12BrNO3S/c18-14-4-2-1-3-12(14)10-19-16(21)15(23-17(19)22)9-11-5-7-13(20)8-6-11/h1-9,20H,10H2. The second-order valence-corrected chi connectivity index (χ2v) is 6.80. The van der Waals surface area contributed by atoms with Crippen LogP contribution in [0.4, 0.5) is 4.79 Å². The third-order valence-corrected chi connectivity index (χ3v) is 5.03. The Balaban J connectivity index is 1.82. The van der Waals surface area contributed by atoms with Crippen LogP contribution in [0.15, 0.2) is 57.9 Å². The Morgan fingerprint density at radius 3 is 2.48 bits per heavy atom. The Morgan fingerprint density at radius 1 is 1.09 bits per heavy atom. The highest BCUT2D eigenvalue weighted by molar-refractivity contribution is 9.10. The van der Waals surface area contributed by atoms with Crippen molar-refractivity contribution < 1.29 is 14.7 Å². The van der Waals surface area contributed by atoms with Crippen molar-refractivity contribution in [3.8, 4) is 5.75 Å². The first-order valence-corrected chi connectivity index (χ1v) is 8.43. The van der Waals surface area contributed by atoms with Gasteiger partial charge in [0, 0.05) is 4.47 Å². The lowest BCUT2D eigenvalue weighted by atomic mass is 10.2. The number of benzene rings is 2. The predicted octanol–water partition coefficient (Wildman–Crippen LogP) is 4.39. The fraction of sp³-hybridized carbons (Fsp3) is 0.0588. The minimum absolute atomic E-state index is 0.157. The first-order valence-electron chi connectivity index (χ1n) is 6.82. The summed E-state index contributed by atoms with van der Waals surface area (Å²) in [6, 6.07) is 14.0. The molecule has 0 aromatic heterocycles. The van der Waals surface area contributed by atoms with Crippen molar-refractivity contribution in [1.29, 1.82) is 0 Å². The number of phenolic OH excluding ortho intramolecular Hbond substituents is 1. The first kappa shape index (κ1) is 15.8. The zero-order valence-electron chi connectivity index (χ0n) is 11.9. The highest BCUT2D eigenvalue weighted by Crippen LogP contribution is 2.34. The van der Waals surface area contributed by atoms with Crippen LogP contribution in [-0.2, 0) is 11.3 Å². The van der Waals surface area contributed by atoms with Crippen LogP contribution in [0.25, 0.3) is 6.08 Å². The molecule has 0 bridgehead atoms. The first-order chi connectivity index (χ1) is 11.0. The van der Waals surface area contributed by atoms with Crippen molar-refractivity contribution in [2.75, 3.05) is 0 Å². The largest absolute Gasteiger partial charge is 0.508 e. The van der Waals surface area contributed by atoms with Gasteiger partial charge in [-0.3, -0.25) is 14.5 Å². The molecule has 1 saturated heterocycles. The van der Waals surface area contributed by atoms with E-state index in [0.717, 1.165) is 27.4 Å². The molecule has 2 aromatic carbocycles. The highest BCUT2D eigenvalue weighted by Gasteiger charge is 2.35. The number of imide groups is 1. The van der Waals surface area contributed by atoms with Gasteiger partial charge in [0.1, 0.15) is 5.75 Å². The van der Waals surface area contributed by atoms with Crippen LogP contribution in [0.1, 0.15) is 11.1 Å². The summed E-state index contributed by atoms with van der Waals surface area (Å²) >= 11 is 4.35. The second kappa shape index (κ2) is 6.60. The van der Waals surface area contributed by atoms with E-state index >= 15 is 0 Å². The Labute approximate surface area is 145 Å². The number of amides is 2. The lowest BCUT2D eigenvalue weighted by Crippen LogP contribution is -2.27. The fourth-order valence-electron chi connectivity index (χ4n) is 2.16. The van der Waals surface area contributed by atoms with Crippen LogP contribution in [0.3, 0.4) is 0 Å². The molecule has 1 fully saturated rings. The van der Waals surface area contributed by atoms with Crippen LogP contribution in [-0.4, -0.2) is 21.2 Å². The fourth-order valence-corrected chi connectivity index (χ4v) is 3.40. The van der Waals surface area contributed by atoms with Gasteiger partial charge in [0.15, 0.2) is 0 Å². The Morgan fingerprint density at radius 2 is 1.78 bits per heavy atom. The molecule has 0 radical (unpaired) electrons. The summed E-state index contributed by atoms with van der Waals surface area (Å²) in [5.41, 5.74) is 1.63. The van der Waals surface area contributed by atoms with E-state index in [2.05, 4.69) is 15.9 Å². The molecule has 1 aliphatic heterocycles. The van der Waals surface area contributed by atoms with E-state index < -0.39 is 0 Å². The molecule has 2 aromatic rings. The van der Waals surface area contributed by atoms with E-state index in [1.807, 2.05) is 24.3 Å². The molecule has 1 heterocycles. The summed E-state index contributed by atoms with van der Waals surface area (Å²) in [5.74, 6) is -0.145. The molecule has 1 N–H and O–H groups in total. The van der Waals surface area contributed by atoms with Gasteiger partial charge in [-0.15, -0.1) is 0 Å². The molecule has 23 heavy (non-hydrogen) atoms. The van der Waals surface area contributed by atoms with E-state index in [-0.39, 0.29) is 23.4 Å². The minimum Gasteiger partial charge on any atom is -0.508 e. The molecule has 3 rings (SSSR count). The van der Waals surface area contributed by atoms with E-state index in [9.17, 15) is 14.7 Å². The molecule has 0 spiro atoms. The maximum atomic E-state index is 12.5. The number of hydrogen-bond acceptors (Lipinski definition) is 4.